The first-order chi connectivity index (χ1) is 10.1. The number of hydrogen-bond donors (Lipinski definition) is 0. The highest BCUT2D eigenvalue weighted by Crippen LogP contribution is 2.20. The van der Waals surface area contributed by atoms with Crippen molar-refractivity contribution in [3.63, 3.8) is 0 Å². The lowest BCUT2D eigenvalue weighted by Crippen LogP contribution is -2.24. The largest absolute Gasteiger partial charge is 0.353 e. The molecule has 21 heavy (non-hydrogen) atoms. The molecule has 1 fully saturated rings. The zero-order chi connectivity index (χ0) is 15.5. The van der Waals surface area contributed by atoms with Crippen LogP contribution in [0.3, 0.4) is 0 Å². The minimum Gasteiger partial charge on any atom is -0.353 e. The van der Waals surface area contributed by atoms with Gasteiger partial charge in [0.15, 0.2) is 6.29 Å². The van der Waals surface area contributed by atoms with E-state index in [1.165, 1.54) is 51.4 Å². The minimum absolute atomic E-state index is 0.0798. The van der Waals surface area contributed by atoms with Gasteiger partial charge in [-0.2, -0.15) is 0 Å². The SMILES string of the molecule is CC(C)CCC[C@@H](C)CCC[C@@H](C)COC1CCCCO1. The molecule has 3 atom stereocenters. The third-order valence-electron chi connectivity index (χ3n) is 4.58. The molecule has 2 heteroatoms. The van der Waals surface area contributed by atoms with Gasteiger partial charge in [-0.15, -0.1) is 0 Å². The van der Waals surface area contributed by atoms with Crippen molar-refractivity contribution in [2.75, 3.05) is 13.2 Å². The average Bonchev–Trinajstić information content (AvgIpc) is 2.46. The lowest BCUT2D eigenvalue weighted by molar-refractivity contribution is -0.168. The van der Waals surface area contributed by atoms with Crippen molar-refractivity contribution in [3.05, 3.63) is 0 Å². The molecule has 1 rings (SSSR count). The molecule has 1 aliphatic rings. The number of hydrogen-bond acceptors (Lipinski definition) is 2. The third-order valence-corrected chi connectivity index (χ3v) is 4.58. The fourth-order valence-electron chi connectivity index (χ4n) is 3.03. The van der Waals surface area contributed by atoms with Crippen LogP contribution in [0.25, 0.3) is 0 Å². The summed E-state index contributed by atoms with van der Waals surface area (Å²) in [6, 6.07) is 0. The summed E-state index contributed by atoms with van der Waals surface area (Å²) in [4.78, 5) is 0. The smallest absolute Gasteiger partial charge is 0.157 e. The summed E-state index contributed by atoms with van der Waals surface area (Å²) in [5.74, 6) is 2.41. The monoisotopic (exact) mass is 298 g/mol. The summed E-state index contributed by atoms with van der Waals surface area (Å²) in [6.45, 7) is 11.1. The molecule has 0 aromatic carbocycles. The van der Waals surface area contributed by atoms with E-state index in [1.54, 1.807) is 0 Å². The Morgan fingerprint density at radius 3 is 2.19 bits per heavy atom. The van der Waals surface area contributed by atoms with Crippen LogP contribution in [0.2, 0.25) is 0 Å². The predicted octanol–water partition coefficient (Wildman–Crippen LogP) is 5.80. The van der Waals surface area contributed by atoms with E-state index in [9.17, 15) is 0 Å². The fourth-order valence-corrected chi connectivity index (χ4v) is 3.03. The highest BCUT2D eigenvalue weighted by molar-refractivity contribution is 4.60. The molecule has 0 N–H and O–H groups in total. The molecule has 1 saturated heterocycles. The van der Waals surface area contributed by atoms with Crippen LogP contribution < -0.4 is 0 Å². The first kappa shape index (κ1) is 19.0. The average molecular weight is 299 g/mol. The van der Waals surface area contributed by atoms with Gasteiger partial charge in [0.1, 0.15) is 0 Å². The Bertz CT molecular complexity index is 234. The molecule has 0 amide bonds. The van der Waals surface area contributed by atoms with Gasteiger partial charge < -0.3 is 9.47 Å². The van der Waals surface area contributed by atoms with Crippen LogP contribution in [0.15, 0.2) is 0 Å². The van der Waals surface area contributed by atoms with Gasteiger partial charge in [-0.25, -0.2) is 0 Å². The molecule has 1 aliphatic heterocycles. The standard InChI is InChI=1S/C19H38O2/c1-16(2)9-7-10-17(3)11-8-12-18(4)15-21-19-13-5-6-14-20-19/h16-19H,5-15H2,1-4H3/t17-,18-,19?/m1/s1. The molecule has 1 unspecified atom stereocenters. The van der Waals surface area contributed by atoms with Gasteiger partial charge in [-0.3, -0.25) is 0 Å². The van der Waals surface area contributed by atoms with Gasteiger partial charge >= 0.3 is 0 Å². The highest BCUT2D eigenvalue weighted by atomic mass is 16.7. The Morgan fingerprint density at radius 1 is 0.905 bits per heavy atom. The molecule has 2 nitrogen and oxygen atoms in total. The third kappa shape index (κ3) is 10.3. The highest BCUT2D eigenvalue weighted by Gasteiger charge is 2.15. The van der Waals surface area contributed by atoms with Gasteiger partial charge in [0.25, 0.3) is 0 Å². The zero-order valence-electron chi connectivity index (χ0n) is 14.9. The van der Waals surface area contributed by atoms with Crippen LogP contribution in [0.1, 0.15) is 85.5 Å². The maximum atomic E-state index is 5.87. The van der Waals surface area contributed by atoms with E-state index in [1.807, 2.05) is 0 Å². The van der Waals surface area contributed by atoms with Gasteiger partial charge in [0.05, 0.1) is 6.61 Å². The van der Waals surface area contributed by atoms with Gasteiger partial charge in [0, 0.05) is 6.61 Å². The van der Waals surface area contributed by atoms with Crippen LogP contribution >= 0.6 is 0 Å². The second-order valence-corrected chi connectivity index (χ2v) is 7.60. The summed E-state index contributed by atoms with van der Waals surface area (Å²) >= 11 is 0. The predicted molar refractivity (Wildman–Crippen MR) is 90.4 cm³/mol. The van der Waals surface area contributed by atoms with E-state index in [0.29, 0.717) is 5.92 Å². The second-order valence-electron chi connectivity index (χ2n) is 7.60. The first-order valence-corrected chi connectivity index (χ1v) is 9.31. The molecule has 0 spiro atoms. The molecular weight excluding hydrogens is 260 g/mol. The molecule has 0 saturated carbocycles. The zero-order valence-corrected chi connectivity index (χ0v) is 14.9. The lowest BCUT2D eigenvalue weighted by atomic mass is 9.94. The number of ether oxygens (including phenoxy) is 2. The van der Waals surface area contributed by atoms with E-state index >= 15 is 0 Å². The van der Waals surface area contributed by atoms with Crippen LogP contribution in [-0.4, -0.2) is 19.5 Å². The van der Waals surface area contributed by atoms with E-state index < -0.39 is 0 Å². The van der Waals surface area contributed by atoms with Crippen molar-refractivity contribution >= 4 is 0 Å². The van der Waals surface area contributed by atoms with Crippen molar-refractivity contribution in [1.29, 1.82) is 0 Å². The maximum absolute atomic E-state index is 5.87. The Morgan fingerprint density at radius 2 is 1.57 bits per heavy atom. The lowest BCUT2D eigenvalue weighted by Gasteiger charge is -2.24. The topological polar surface area (TPSA) is 18.5 Å². The van der Waals surface area contributed by atoms with Crippen molar-refractivity contribution in [1.82, 2.24) is 0 Å². The van der Waals surface area contributed by atoms with Gasteiger partial charge in [-0.1, -0.05) is 59.8 Å². The molecule has 0 bridgehead atoms. The summed E-state index contributed by atoms with van der Waals surface area (Å²) in [5.41, 5.74) is 0. The molecule has 0 aromatic heterocycles. The summed E-state index contributed by atoms with van der Waals surface area (Å²) in [7, 11) is 0. The quantitative estimate of drug-likeness (QED) is 0.480. The number of rotatable bonds is 11. The Hall–Kier alpha value is -0.0800. The minimum atomic E-state index is 0.0798. The molecule has 0 radical (unpaired) electrons. The van der Waals surface area contributed by atoms with Crippen molar-refractivity contribution < 1.29 is 9.47 Å². The van der Waals surface area contributed by atoms with Crippen molar-refractivity contribution in [2.24, 2.45) is 17.8 Å². The van der Waals surface area contributed by atoms with Gasteiger partial charge in [0.2, 0.25) is 0 Å². The van der Waals surface area contributed by atoms with E-state index in [4.69, 9.17) is 9.47 Å². The normalized spacial score (nSPS) is 22.4. The molecule has 1 heterocycles. The van der Waals surface area contributed by atoms with Crippen LogP contribution in [0, 0.1) is 17.8 Å². The second kappa shape index (κ2) is 11.5. The molecular formula is C19H38O2. The maximum Gasteiger partial charge on any atom is 0.157 e. The molecule has 0 aliphatic carbocycles. The summed E-state index contributed by atoms with van der Waals surface area (Å²) in [5, 5.41) is 0. The Labute approximate surface area is 133 Å². The van der Waals surface area contributed by atoms with Crippen LogP contribution in [-0.2, 0) is 9.47 Å². The Balaban J connectivity index is 1.95. The van der Waals surface area contributed by atoms with E-state index in [2.05, 4.69) is 27.7 Å². The van der Waals surface area contributed by atoms with E-state index in [0.717, 1.165) is 31.5 Å². The van der Waals surface area contributed by atoms with Gasteiger partial charge in [-0.05, 0) is 43.4 Å². The summed E-state index contributed by atoms with van der Waals surface area (Å²) in [6.07, 6.45) is 11.8. The van der Waals surface area contributed by atoms with Crippen molar-refractivity contribution in [3.8, 4) is 0 Å². The fraction of sp³-hybridized carbons (Fsp3) is 1.00. The van der Waals surface area contributed by atoms with Crippen molar-refractivity contribution in [2.45, 2.75) is 91.8 Å². The first-order valence-electron chi connectivity index (χ1n) is 9.31. The summed E-state index contributed by atoms with van der Waals surface area (Å²) < 4.78 is 11.5. The Kier molecular flexibility index (Phi) is 10.4. The van der Waals surface area contributed by atoms with Crippen LogP contribution in [0.5, 0.6) is 0 Å². The molecule has 0 aromatic rings. The van der Waals surface area contributed by atoms with Crippen LogP contribution in [0.4, 0.5) is 0 Å². The molecule has 126 valence electrons. The van der Waals surface area contributed by atoms with E-state index in [-0.39, 0.29) is 6.29 Å².